The lowest BCUT2D eigenvalue weighted by Gasteiger charge is -2.09. The van der Waals surface area contributed by atoms with Gasteiger partial charge in [0.1, 0.15) is 17.0 Å². The molecular weight excluding hydrogens is 320 g/mol. The Morgan fingerprint density at radius 1 is 1.20 bits per heavy atom. The molecule has 0 aliphatic rings. The molecule has 0 unspecified atom stereocenters. The van der Waals surface area contributed by atoms with E-state index in [0.717, 1.165) is 10.2 Å². The minimum Gasteiger partial charge on any atom is -0.455 e. The van der Waals surface area contributed by atoms with Gasteiger partial charge in [0.2, 0.25) is 0 Å². The molecule has 1 N–H and O–H groups in total. The van der Waals surface area contributed by atoms with Crippen LogP contribution in [0, 0.1) is 6.92 Å². The molecule has 0 spiro atoms. The second-order valence-corrected chi connectivity index (χ2v) is 5.28. The molecule has 0 bridgehead atoms. The Kier molecular flexibility index (Phi) is 3.28. The predicted molar refractivity (Wildman–Crippen MR) is 81.3 cm³/mol. The number of benzene rings is 2. The van der Waals surface area contributed by atoms with Gasteiger partial charge < -0.3 is 9.72 Å². The van der Waals surface area contributed by atoms with Gasteiger partial charge in [-0.15, -0.1) is 0 Å². The summed E-state index contributed by atoms with van der Waals surface area (Å²) in [6.07, 6.45) is 0. The molecule has 100 valence electrons. The first-order valence-electron chi connectivity index (χ1n) is 6.06. The van der Waals surface area contributed by atoms with E-state index in [1.165, 1.54) is 0 Å². The smallest absolute Gasteiger partial charge is 0.269 e. The van der Waals surface area contributed by atoms with E-state index in [2.05, 4.69) is 25.9 Å². The van der Waals surface area contributed by atoms with Crippen LogP contribution in [0.3, 0.4) is 0 Å². The number of aryl methyl sites for hydroxylation is 1. The zero-order valence-electron chi connectivity index (χ0n) is 10.7. The molecule has 1 heterocycles. The largest absolute Gasteiger partial charge is 0.455 e. The Morgan fingerprint density at radius 2 is 1.95 bits per heavy atom. The average Bonchev–Trinajstić information content (AvgIpc) is 2.42. The van der Waals surface area contributed by atoms with Crippen molar-refractivity contribution in [1.29, 1.82) is 0 Å². The zero-order chi connectivity index (χ0) is 14.1. The molecule has 0 atom stereocenters. The van der Waals surface area contributed by atoms with Crippen LogP contribution in [0.2, 0.25) is 0 Å². The first kappa shape index (κ1) is 12.9. The normalized spacial score (nSPS) is 10.7. The highest BCUT2D eigenvalue weighted by Crippen LogP contribution is 2.30. The molecule has 1 aromatic heterocycles. The number of nitrogens with one attached hydrogen (secondary N) is 1. The second-order valence-electron chi connectivity index (χ2n) is 4.37. The van der Waals surface area contributed by atoms with Crippen molar-refractivity contribution in [1.82, 2.24) is 9.97 Å². The number of ether oxygens (including phenoxy) is 1. The summed E-state index contributed by atoms with van der Waals surface area (Å²) in [7, 11) is 0. The summed E-state index contributed by atoms with van der Waals surface area (Å²) in [5.74, 6) is 1.32. The maximum atomic E-state index is 11.6. The van der Waals surface area contributed by atoms with Gasteiger partial charge in [0.05, 0.1) is 5.52 Å². The van der Waals surface area contributed by atoms with Crippen LogP contribution in [0.4, 0.5) is 0 Å². The summed E-state index contributed by atoms with van der Waals surface area (Å²) in [6.45, 7) is 1.67. The van der Waals surface area contributed by atoms with E-state index >= 15 is 0 Å². The van der Waals surface area contributed by atoms with Gasteiger partial charge >= 0.3 is 0 Å². The molecule has 0 fully saturated rings. The number of aromatic amines is 1. The lowest BCUT2D eigenvalue weighted by Crippen LogP contribution is -2.11. The van der Waals surface area contributed by atoms with E-state index in [9.17, 15) is 4.79 Å². The van der Waals surface area contributed by atoms with Crippen LogP contribution in [0.25, 0.3) is 11.0 Å². The third-order valence-electron chi connectivity index (χ3n) is 2.87. The molecule has 0 radical (unpaired) electrons. The molecule has 3 rings (SSSR count). The average molecular weight is 331 g/mol. The topological polar surface area (TPSA) is 55.0 Å². The van der Waals surface area contributed by atoms with E-state index < -0.39 is 0 Å². The van der Waals surface area contributed by atoms with Crippen LogP contribution in [0.1, 0.15) is 5.69 Å². The van der Waals surface area contributed by atoms with Gasteiger partial charge in [0.15, 0.2) is 5.75 Å². The summed E-state index contributed by atoms with van der Waals surface area (Å²) < 4.78 is 6.67. The third kappa shape index (κ3) is 2.44. The monoisotopic (exact) mass is 330 g/mol. The number of fused-ring (bicyclic) bond motifs is 1. The van der Waals surface area contributed by atoms with Crippen molar-refractivity contribution < 1.29 is 4.74 Å². The Labute approximate surface area is 123 Å². The summed E-state index contributed by atoms with van der Waals surface area (Å²) in [4.78, 5) is 18.8. The minimum atomic E-state index is -0.193. The van der Waals surface area contributed by atoms with Crippen LogP contribution in [-0.2, 0) is 0 Å². The number of halogens is 1. The van der Waals surface area contributed by atoms with E-state index in [-0.39, 0.29) is 5.56 Å². The van der Waals surface area contributed by atoms with Crippen molar-refractivity contribution in [3.05, 3.63) is 63.0 Å². The molecule has 4 nitrogen and oxygen atoms in total. The lowest BCUT2D eigenvalue weighted by atomic mass is 10.2. The summed E-state index contributed by atoms with van der Waals surface area (Å²) in [5.41, 5.74) is 1.49. The number of aromatic nitrogens is 2. The number of H-pyrrole nitrogens is 1. The second kappa shape index (κ2) is 5.09. The van der Waals surface area contributed by atoms with Crippen LogP contribution in [-0.4, -0.2) is 9.97 Å². The Balaban J connectivity index is 2.19. The molecule has 2 aromatic carbocycles. The van der Waals surface area contributed by atoms with Crippen molar-refractivity contribution in [2.75, 3.05) is 0 Å². The van der Waals surface area contributed by atoms with Gasteiger partial charge in [0, 0.05) is 4.47 Å². The highest BCUT2D eigenvalue weighted by Gasteiger charge is 2.09. The fourth-order valence-electron chi connectivity index (χ4n) is 1.91. The summed E-state index contributed by atoms with van der Waals surface area (Å²) in [5, 5.41) is 0. The minimum absolute atomic E-state index is 0.193. The summed E-state index contributed by atoms with van der Waals surface area (Å²) in [6, 6.07) is 13.1. The molecule has 3 aromatic rings. The van der Waals surface area contributed by atoms with Crippen molar-refractivity contribution >= 4 is 27.0 Å². The van der Waals surface area contributed by atoms with Crippen molar-refractivity contribution in [3.8, 4) is 11.5 Å². The van der Waals surface area contributed by atoms with E-state index in [4.69, 9.17) is 4.74 Å². The quantitative estimate of drug-likeness (QED) is 0.777. The van der Waals surface area contributed by atoms with E-state index in [1.54, 1.807) is 13.0 Å². The van der Waals surface area contributed by atoms with Crippen LogP contribution >= 0.6 is 15.9 Å². The third-order valence-corrected chi connectivity index (χ3v) is 3.32. The van der Waals surface area contributed by atoms with Gasteiger partial charge in [-0.2, -0.15) is 0 Å². The molecule has 0 amide bonds. The molecular formula is C15H11BrN2O2. The SMILES string of the molecule is Cc1nc2c(Oc3ccccc3)cc(Br)cc2[nH]c1=O. The number of nitrogens with zero attached hydrogens (tertiary/aromatic N) is 1. The highest BCUT2D eigenvalue weighted by atomic mass is 79.9. The lowest BCUT2D eigenvalue weighted by molar-refractivity contribution is 0.486. The van der Waals surface area contributed by atoms with Gasteiger partial charge in [-0.1, -0.05) is 34.1 Å². The number of para-hydroxylation sites is 1. The highest BCUT2D eigenvalue weighted by molar-refractivity contribution is 9.10. The molecule has 5 heteroatoms. The number of hydrogen-bond acceptors (Lipinski definition) is 3. The molecule has 0 aliphatic heterocycles. The maximum Gasteiger partial charge on any atom is 0.269 e. The standard InChI is InChI=1S/C15H11BrN2O2/c1-9-15(19)18-12-7-10(16)8-13(14(12)17-9)20-11-5-3-2-4-6-11/h2-8H,1H3,(H,18,19). The first-order valence-corrected chi connectivity index (χ1v) is 6.86. The van der Waals surface area contributed by atoms with Gasteiger partial charge in [-0.25, -0.2) is 4.98 Å². The van der Waals surface area contributed by atoms with Crippen LogP contribution in [0.15, 0.2) is 51.7 Å². The predicted octanol–water partition coefficient (Wildman–Crippen LogP) is 3.79. The van der Waals surface area contributed by atoms with Crippen molar-refractivity contribution in [2.24, 2.45) is 0 Å². The fourth-order valence-corrected chi connectivity index (χ4v) is 2.35. The Hall–Kier alpha value is -2.14. The maximum absolute atomic E-state index is 11.6. The van der Waals surface area contributed by atoms with Gasteiger partial charge in [-0.05, 0) is 31.2 Å². The number of rotatable bonds is 2. The van der Waals surface area contributed by atoms with E-state index in [1.807, 2.05) is 36.4 Å². The Morgan fingerprint density at radius 3 is 2.70 bits per heavy atom. The molecule has 0 aliphatic carbocycles. The van der Waals surface area contributed by atoms with Crippen molar-refractivity contribution in [3.63, 3.8) is 0 Å². The van der Waals surface area contributed by atoms with Crippen molar-refractivity contribution in [2.45, 2.75) is 6.92 Å². The molecule has 0 saturated heterocycles. The zero-order valence-corrected chi connectivity index (χ0v) is 12.3. The van der Waals surface area contributed by atoms with Gasteiger partial charge in [-0.3, -0.25) is 4.79 Å². The Bertz CT molecular complexity index is 828. The molecule has 20 heavy (non-hydrogen) atoms. The molecule has 0 saturated carbocycles. The fraction of sp³-hybridized carbons (Fsp3) is 0.0667. The first-order chi connectivity index (χ1) is 9.63. The van der Waals surface area contributed by atoms with E-state index in [0.29, 0.717) is 22.5 Å². The summed E-state index contributed by atoms with van der Waals surface area (Å²) >= 11 is 3.41. The van der Waals surface area contributed by atoms with Crippen LogP contribution in [0.5, 0.6) is 11.5 Å². The van der Waals surface area contributed by atoms with Gasteiger partial charge in [0.25, 0.3) is 5.56 Å². The number of hydrogen-bond donors (Lipinski definition) is 1. The van der Waals surface area contributed by atoms with Crippen LogP contribution < -0.4 is 10.3 Å².